The molecule has 100 valence electrons. The fourth-order valence-electron chi connectivity index (χ4n) is 1.71. The lowest BCUT2D eigenvalue weighted by Crippen LogP contribution is -2.05. The minimum Gasteiger partial charge on any atom is -0.383 e. The van der Waals surface area contributed by atoms with Gasteiger partial charge in [0.15, 0.2) is 5.82 Å². The summed E-state index contributed by atoms with van der Waals surface area (Å²) in [6.07, 6.45) is 1.89. The Labute approximate surface area is 139 Å². The van der Waals surface area contributed by atoms with E-state index in [0.717, 1.165) is 32.1 Å². The maximum atomic E-state index is 6.23. The van der Waals surface area contributed by atoms with E-state index in [9.17, 15) is 0 Å². The van der Waals surface area contributed by atoms with Gasteiger partial charge < -0.3 is 5.73 Å². The Balaban J connectivity index is 2.56. The number of aromatic nitrogens is 2. The standard InChI is InChI=1S/C13H12BrClIN3/c1-2-3-10-11(16)12(17)19-13(18-10)8-5-4-7(14)6-9(8)15/h4-6H,2-3H2,1H3,(H2,17,18,19). The van der Waals surface area contributed by atoms with Crippen LogP contribution in [0.1, 0.15) is 19.0 Å². The number of hydrogen-bond acceptors (Lipinski definition) is 3. The molecule has 0 atom stereocenters. The van der Waals surface area contributed by atoms with Crippen LogP contribution in [0.2, 0.25) is 5.02 Å². The first kappa shape index (κ1) is 15.0. The summed E-state index contributed by atoms with van der Waals surface area (Å²) in [4.78, 5) is 8.92. The first-order valence-electron chi connectivity index (χ1n) is 5.80. The van der Waals surface area contributed by atoms with E-state index in [1.807, 2.05) is 18.2 Å². The van der Waals surface area contributed by atoms with Gasteiger partial charge in [0.1, 0.15) is 5.82 Å². The largest absolute Gasteiger partial charge is 0.383 e. The van der Waals surface area contributed by atoms with E-state index < -0.39 is 0 Å². The van der Waals surface area contributed by atoms with E-state index >= 15 is 0 Å². The van der Waals surface area contributed by atoms with Gasteiger partial charge in [0.05, 0.1) is 14.3 Å². The molecule has 0 aliphatic heterocycles. The molecular weight excluding hydrogens is 440 g/mol. The quantitative estimate of drug-likeness (QED) is 0.687. The molecule has 2 rings (SSSR count). The van der Waals surface area contributed by atoms with Gasteiger partial charge in [0, 0.05) is 10.0 Å². The number of hydrogen-bond donors (Lipinski definition) is 1. The van der Waals surface area contributed by atoms with Gasteiger partial charge in [-0.3, -0.25) is 0 Å². The molecule has 0 amide bonds. The van der Waals surface area contributed by atoms with Gasteiger partial charge in [-0.05, 0) is 47.2 Å². The normalized spacial score (nSPS) is 10.7. The van der Waals surface area contributed by atoms with Crippen LogP contribution >= 0.6 is 50.1 Å². The van der Waals surface area contributed by atoms with Crippen LogP contribution in [0.15, 0.2) is 22.7 Å². The predicted molar refractivity (Wildman–Crippen MR) is 91.3 cm³/mol. The van der Waals surface area contributed by atoms with Gasteiger partial charge in [0.25, 0.3) is 0 Å². The zero-order valence-corrected chi connectivity index (χ0v) is 14.8. The highest BCUT2D eigenvalue weighted by Crippen LogP contribution is 2.30. The number of nitrogen functional groups attached to an aromatic ring is 1. The molecule has 0 unspecified atom stereocenters. The molecule has 0 radical (unpaired) electrons. The first-order valence-corrected chi connectivity index (χ1v) is 8.05. The molecule has 0 aliphatic carbocycles. The molecule has 0 saturated heterocycles. The van der Waals surface area contributed by atoms with Crippen LogP contribution in [0.3, 0.4) is 0 Å². The highest BCUT2D eigenvalue weighted by atomic mass is 127. The molecule has 0 aliphatic rings. The third-order valence-electron chi connectivity index (χ3n) is 2.60. The minimum atomic E-state index is 0.507. The molecule has 1 aromatic carbocycles. The molecule has 6 heteroatoms. The maximum Gasteiger partial charge on any atom is 0.163 e. The van der Waals surface area contributed by atoms with Crippen molar-refractivity contribution in [3.8, 4) is 11.4 Å². The van der Waals surface area contributed by atoms with Gasteiger partial charge in [-0.15, -0.1) is 0 Å². The van der Waals surface area contributed by atoms with Crippen molar-refractivity contribution in [1.82, 2.24) is 9.97 Å². The number of nitrogens with zero attached hydrogens (tertiary/aromatic N) is 2. The van der Waals surface area contributed by atoms with Crippen LogP contribution in [0, 0.1) is 3.57 Å². The molecule has 2 N–H and O–H groups in total. The summed E-state index contributed by atoms with van der Waals surface area (Å²) in [5, 5.41) is 0.609. The molecule has 1 aromatic heterocycles. The monoisotopic (exact) mass is 451 g/mol. The SMILES string of the molecule is CCCc1nc(-c2ccc(Br)cc2Cl)nc(N)c1I. The molecule has 2 aromatic rings. The smallest absolute Gasteiger partial charge is 0.163 e. The molecule has 19 heavy (non-hydrogen) atoms. The van der Waals surface area contributed by atoms with Crippen LogP contribution in [0.5, 0.6) is 0 Å². The van der Waals surface area contributed by atoms with E-state index in [1.165, 1.54) is 0 Å². The number of aryl methyl sites for hydroxylation is 1. The maximum absolute atomic E-state index is 6.23. The van der Waals surface area contributed by atoms with Crippen LogP contribution in [0.4, 0.5) is 5.82 Å². The van der Waals surface area contributed by atoms with Gasteiger partial charge in [0.2, 0.25) is 0 Å². The van der Waals surface area contributed by atoms with E-state index in [4.69, 9.17) is 17.3 Å². The summed E-state index contributed by atoms with van der Waals surface area (Å²) in [6.45, 7) is 2.11. The van der Waals surface area contributed by atoms with Crippen molar-refractivity contribution >= 4 is 55.9 Å². The topological polar surface area (TPSA) is 51.8 Å². The summed E-state index contributed by atoms with van der Waals surface area (Å²) < 4.78 is 1.85. The van der Waals surface area contributed by atoms with Crippen molar-refractivity contribution in [3.05, 3.63) is 37.0 Å². The number of rotatable bonds is 3. The highest BCUT2D eigenvalue weighted by molar-refractivity contribution is 14.1. The van der Waals surface area contributed by atoms with Crippen molar-refractivity contribution in [2.45, 2.75) is 19.8 Å². The highest BCUT2D eigenvalue weighted by Gasteiger charge is 2.13. The minimum absolute atomic E-state index is 0.507. The fraction of sp³-hybridized carbons (Fsp3) is 0.231. The molecule has 0 bridgehead atoms. The molecule has 3 nitrogen and oxygen atoms in total. The molecule has 0 spiro atoms. The third kappa shape index (κ3) is 3.38. The van der Waals surface area contributed by atoms with Crippen molar-refractivity contribution in [2.24, 2.45) is 0 Å². The zero-order valence-electron chi connectivity index (χ0n) is 10.3. The summed E-state index contributed by atoms with van der Waals surface area (Å²) >= 11 is 11.8. The molecule has 0 fully saturated rings. The summed E-state index contributed by atoms with van der Waals surface area (Å²) in [5.74, 6) is 1.09. The molecule has 1 heterocycles. The molecule has 0 saturated carbocycles. The average molecular weight is 453 g/mol. The Kier molecular flexibility index (Phi) is 5.03. The number of benzene rings is 1. The Morgan fingerprint density at radius 1 is 1.37 bits per heavy atom. The van der Waals surface area contributed by atoms with Gasteiger partial charge >= 0.3 is 0 Å². The second-order valence-corrected chi connectivity index (χ2v) is 6.47. The van der Waals surface area contributed by atoms with E-state index in [1.54, 1.807) is 0 Å². The van der Waals surface area contributed by atoms with E-state index in [0.29, 0.717) is 16.7 Å². The van der Waals surface area contributed by atoms with Gasteiger partial charge in [-0.1, -0.05) is 40.9 Å². The van der Waals surface area contributed by atoms with Crippen molar-refractivity contribution in [2.75, 3.05) is 5.73 Å². The van der Waals surface area contributed by atoms with E-state index in [2.05, 4.69) is 55.4 Å². The lowest BCUT2D eigenvalue weighted by Gasteiger charge is -2.09. The van der Waals surface area contributed by atoms with Crippen LogP contribution < -0.4 is 5.73 Å². The van der Waals surface area contributed by atoms with Crippen LogP contribution in [0.25, 0.3) is 11.4 Å². The second kappa shape index (κ2) is 6.37. The Morgan fingerprint density at radius 3 is 2.74 bits per heavy atom. The van der Waals surface area contributed by atoms with Crippen molar-refractivity contribution in [1.29, 1.82) is 0 Å². The summed E-state index contributed by atoms with van der Waals surface area (Å²) in [7, 11) is 0. The van der Waals surface area contributed by atoms with Gasteiger partial charge in [-0.2, -0.15) is 0 Å². The van der Waals surface area contributed by atoms with E-state index in [-0.39, 0.29) is 0 Å². The number of halogens is 3. The fourth-order valence-corrected chi connectivity index (χ4v) is 2.98. The number of anilines is 1. The Bertz CT molecular complexity index is 619. The lowest BCUT2D eigenvalue weighted by molar-refractivity contribution is 0.869. The van der Waals surface area contributed by atoms with Gasteiger partial charge in [-0.25, -0.2) is 9.97 Å². The zero-order chi connectivity index (χ0) is 14.0. The van der Waals surface area contributed by atoms with Crippen molar-refractivity contribution < 1.29 is 0 Å². The molecular formula is C13H12BrClIN3. The summed E-state index contributed by atoms with van der Waals surface area (Å²) in [5.41, 5.74) is 7.73. The van der Waals surface area contributed by atoms with Crippen LogP contribution in [-0.2, 0) is 6.42 Å². The van der Waals surface area contributed by atoms with Crippen LogP contribution in [-0.4, -0.2) is 9.97 Å². The predicted octanol–water partition coefficient (Wildman–Crippen LogP) is 4.70. The second-order valence-electron chi connectivity index (χ2n) is 4.07. The number of nitrogens with two attached hydrogens (primary N) is 1. The lowest BCUT2D eigenvalue weighted by atomic mass is 10.2. The third-order valence-corrected chi connectivity index (χ3v) is 4.59. The Morgan fingerprint density at radius 2 is 2.11 bits per heavy atom. The Hall–Kier alpha value is -0.400. The summed E-state index contributed by atoms with van der Waals surface area (Å²) in [6, 6.07) is 5.63. The first-order chi connectivity index (χ1) is 9.02. The van der Waals surface area contributed by atoms with Crippen molar-refractivity contribution in [3.63, 3.8) is 0 Å². The average Bonchev–Trinajstić information content (AvgIpc) is 2.35.